The van der Waals surface area contributed by atoms with Gasteiger partial charge in [-0.3, -0.25) is 9.55 Å². The molecule has 36 heavy (non-hydrogen) atoms. The van der Waals surface area contributed by atoms with Gasteiger partial charge in [-0.2, -0.15) is 0 Å². The van der Waals surface area contributed by atoms with Gasteiger partial charge in [-0.25, -0.2) is 9.97 Å². The number of nitrogens with one attached hydrogen (secondary N) is 1. The van der Waals surface area contributed by atoms with Gasteiger partial charge < -0.3 is 33.8 Å². The maximum atomic E-state index is 6.35. The van der Waals surface area contributed by atoms with Crippen LogP contribution in [0.15, 0.2) is 30.9 Å². The first-order valence-electron chi connectivity index (χ1n) is 11.2. The van der Waals surface area contributed by atoms with E-state index in [1.165, 1.54) is 0 Å². The largest absolute Gasteiger partial charge is 0.370 e. The molecule has 0 spiro atoms. The SMILES string of the molecule is Nc1nc(=S)c2ncn([C@H]3C[C@@H]4O[P@](=S)(O[C@H]5CSSC[C@@H]5OCc5ccncc5)OC[C@H]4O3)c2[nH]1. The molecule has 0 amide bonds. The fraction of sp³-hybridized carbons (Fsp3) is 0.500. The van der Waals surface area contributed by atoms with E-state index in [1.807, 2.05) is 16.7 Å². The molecule has 0 unspecified atom stereocenters. The molecule has 3 aromatic heterocycles. The van der Waals surface area contributed by atoms with Crippen LogP contribution in [0.3, 0.4) is 0 Å². The second-order valence-corrected chi connectivity index (χ2v) is 14.3. The third kappa shape index (κ3) is 5.23. The van der Waals surface area contributed by atoms with Crippen molar-refractivity contribution in [2.45, 2.75) is 43.7 Å². The predicted molar refractivity (Wildman–Crippen MR) is 143 cm³/mol. The maximum absolute atomic E-state index is 6.35. The average molecular weight is 587 g/mol. The normalized spacial score (nSPS) is 32.5. The summed E-state index contributed by atoms with van der Waals surface area (Å²) in [5.74, 6) is 1.75. The molecule has 0 aromatic carbocycles. The molecular formula is C20H23N6O5PS4. The number of nitrogen functional groups attached to an aromatic ring is 1. The molecule has 3 saturated heterocycles. The van der Waals surface area contributed by atoms with Crippen molar-refractivity contribution in [3.63, 3.8) is 0 Å². The van der Waals surface area contributed by atoms with Crippen molar-refractivity contribution < 1.29 is 23.0 Å². The Bertz CT molecular complexity index is 1350. The van der Waals surface area contributed by atoms with E-state index in [0.29, 0.717) is 35.4 Å². The van der Waals surface area contributed by atoms with Crippen LogP contribution in [0.2, 0.25) is 0 Å². The van der Waals surface area contributed by atoms with Crippen LogP contribution in [-0.2, 0) is 41.5 Å². The van der Waals surface area contributed by atoms with Crippen molar-refractivity contribution >= 4 is 69.4 Å². The van der Waals surface area contributed by atoms with Gasteiger partial charge in [-0.1, -0.05) is 33.8 Å². The van der Waals surface area contributed by atoms with E-state index in [2.05, 4.69) is 19.9 Å². The lowest BCUT2D eigenvalue weighted by Crippen LogP contribution is -2.40. The topological polar surface area (TPSA) is 132 Å². The molecular weight excluding hydrogens is 563 g/mol. The zero-order valence-corrected chi connectivity index (χ0v) is 23.0. The number of hydrogen-bond acceptors (Lipinski definition) is 13. The van der Waals surface area contributed by atoms with Gasteiger partial charge in [0.1, 0.15) is 29.6 Å². The van der Waals surface area contributed by atoms with Gasteiger partial charge in [0.25, 0.3) is 0 Å². The number of H-pyrrole nitrogens is 1. The number of hydrogen-bond donors (Lipinski definition) is 2. The molecule has 3 aromatic rings. The summed E-state index contributed by atoms with van der Waals surface area (Å²) in [6.07, 6.45) is 4.49. The summed E-state index contributed by atoms with van der Waals surface area (Å²) in [6.45, 7) is -2.22. The Balaban J connectivity index is 1.12. The number of nitrogens with two attached hydrogens (primary N) is 1. The van der Waals surface area contributed by atoms with E-state index >= 15 is 0 Å². The van der Waals surface area contributed by atoms with Crippen molar-refractivity contribution in [3.05, 3.63) is 41.1 Å². The average Bonchev–Trinajstić information content (AvgIpc) is 3.47. The minimum atomic E-state index is -2.99. The molecule has 3 fully saturated rings. The van der Waals surface area contributed by atoms with Crippen molar-refractivity contribution in [3.8, 4) is 0 Å². The number of fused-ring (bicyclic) bond motifs is 2. The zero-order valence-electron chi connectivity index (χ0n) is 18.8. The molecule has 16 heteroatoms. The van der Waals surface area contributed by atoms with Crippen LogP contribution < -0.4 is 5.73 Å². The zero-order chi connectivity index (χ0) is 24.7. The van der Waals surface area contributed by atoms with Crippen LogP contribution in [0.4, 0.5) is 5.95 Å². The van der Waals surface area contributed by atoms with Crippen molar-refractivity contribution in [1.29, 1.82) is 0 Å². The smallest absolute Gasteiger partial charge is 0.328 e. The molecule has 11 nitrogen and oxygen atoms in total. The Labute approximate surface area is 224 Å². The first kappa shape index (κ1) is 25.2. The number of aromatic nitrogens is 5. The van der Waals surface area contributed by atoms with Crippen LogP contribution in [0, 0.1) is 4.64 Å². The number of ether oxygens (including phenoxy) is 2. The number of nitrogens with zero attached hydrogens (tertiary/aromatic N) is 4. The Morgan fingerprint density at radius 3 is 2.86 bits per heavy atom. The number of anilines is 1. The molecule has 0 aliphatic carbocycles. The fourth-order valence-corrected chi connectivity index (χ4v) is 9.49. The van der Waals surface area contributed by atoms with Crippen LogP contribution >= 0.6 is 40.5 Å². The summed E-state index contributed by atoms with van der Waals surface area (Å²) < 4.78 is 33.2. The number of rotatable bonds is 6. The van der Waals surface area contributed by atoms with Crippen molar-refractivity contribution in [2.24, 2.45) is 0 Å². The number of aromatic amines is 1. The lowest BCUT2D eigenvalue weighted by atomic mass is 10.2. The Morgan fingerprint density at radius 2 is 2.03 bits per heavy atom. The Kier molecular flexibility index (Phi) is 7.38. The van der Waals surface area contributed by atoms with Gasteiger partial charge in [0.15, 0.2) is 10.6 Å². The first-order chi connectivity index (χ1) is 17.5. The van der Waals surface area contributed by atoms with Gasteiger partial charge >= 0.3 is 6.72 Å². The van der Waals surface area contributed by atoms with Gasteiger partial charge in [0, 0.05) is 30.3 Å². The summed E-state index contributed by atoms with van der Waals surface area (Å²) in [6, 6.07) is 3.88. The summed E-state index contributed by atoms with van der Waals surface area (Å²) >= 11 is 11.1. The highest BCUT2D eigenvalue weighted by Crippen LogP contribution is 2.58. The molecule has 6 rings (SSSR count). The minimum absolute atomic E-state index is 0.124. The first-order valence-corrected chi connectivity index (χ1v) is 16.7. The number of imidazole rings is 1. The van der Waals surface area contributed by atoms with E-state index in [0.717, 1.165) is 17.1 Å². The second-order valence-electron chi connectivity index (χ2n) is 8.45. The Morgan fingerprint density at radius 1 is 1.22 bits per heavy atom. The molecule has 3 aliphatic heterocycles. The fourth-order valence-electron chi connectivity index (χ4n) is 4.27. The van der Waals surface area contributed by atoms with E-state index < -0.39 is 6.72 Å². The van der Waals surface area contributed by atoms with Crippen LogP contribution in [0.1, 0.15) is 18.2 Å². The van der Waals surface area contributed by atoms with Crippen molar-refractivity contribution in [1.82, 2.24) is 24.5 Å². The van der Waals surface area contributed by atoms with Gasteiger partial charge in [0.05, 0.1) is 31.7 Å². The molecule has 192 valence electrons. The second kappa shape index (κ2) is 10.6. The van der Waals surface area contributed by atoms with E-state index in [4.69, 9.17) is 52.8 Å². The third-order valence-electron chi connectivity index (χ3n) is 6.06. The lowest BCUT2D eigenvalue weighted by Gasteiger charge is -2.38. The van der Waals surface area contributed by atoms with Gasteiger partial charge in [-0.05, 0) is 29.5 Å². The Hall–Kier alpha value is -1.13. The van der Waals surface area contributed by atoms with E-state index in [1.54, 1.807) is 40.3 Å². The summed E-state index contributed by atoms with van der Waals surface area (Å²) in [5, 5.41) is 0. The van der Waals surface area contributed by atoms with Gasteiger partial charge in [-0.15, -0.1) is 0 Å². The summed E-state index contributed by atoms with van der Waals surface area (Å²) in [4.78, 5) is 15.5. The molecule has 0 bridgehead atoms. The highest BCUT2D eigenvalue weighted by molar-refractivity contribution is 8.76. The molecule has 6 heterocycles. The van der Waals surface area contributed by atoms with E-state index in [-0.39, 0.29) is 36.6 Å². The quantitative estimate of drug-likeness (QED) is 0.247. The van der Waals surface area contributed by atoms with Crippen LogP contribution in [0.5, 0.6) is 0 Å². The highest BCUT2D eigenvalue weighted by atomic mass is 33.1. The highest BCUT2D eigenvalue weighted by Gasteiger charge is 2.47. The predicted octanol–water partition coefficient (Wildman–Crippen LogP) is 3.76. The molecule has 0 saturated carbocycles. The molecule has 0 radical (unpaired) electrons. The summed E-state index contributed by atoms with van der Waals surface area (Å²) in [7, 11) is 3.50. The van der Waals surface area contributed by atoms with Gasteiger partial charge in [0.2, 0.25) is 0 Å². The number of pyridine rings is 1. The maximum Gasteiger partial charge on any atom is 0.328 e. The summed E-state index contributed by atoms with van der Waals surface area (Å²) in [5.41, 5.74) is 8.13. The monoisotopic (exact) mass is 586 g/mol. The molecule has 3 N–H and O–H groups in total. The van der Waals surface area contributed by atoms with Crippen LogP contribution in [-0.4, -0.2) is 67.0 Å². The minimum Gasteiger partial charge on any atom is -0.370 e. The molecule has 6 atom stereocenters. The van der Waals surface area contributed by atoms with Crippen molar-refractivity contribution in [2.75, 3.05) is 23.8 Å². The molecule has 3 aliphatic rings. The standard InChI is InChI=1S/C20H23N6O5PS4/c21-20-24-18-17(19(33)25-20)23-10-26(18)16-5-12-13(29-16)7-28-32(34,30-12)31-15-9-36-35-8-14(15)27-6-11-1-3-22-4-2-11/h1-4,10,12-16H,5-9H2,(H3,21,24,25,33)/t12-,13+,14-,15-,16+,32-/m0/s1. The lowest BCUT2D eigenvalue weighted by molar-refractivity contribution is -0.0736. The van der Waals surface area contributed by atoms with E-state index in [9.17, 15) is 0 Å². The van der Waals surface area contributed by atoms with Crippen LogP contribution in [0.25, 0.3) is 11.2 Å². The third-order valence-corrected chi connectivity index (χ3v) is 11.1.